The zero-order chi connectivity index (χ0) is 12.0. The predicted octanol–water partition coefficient (Wildman–Crippen LogP) is -8.05. The monoisotopic (exact) mass is 270 g/mol. The molecule has 8 heteroatoms. The first-order valence-corrected chi connectivity index (χ1v) is 5.02. The fourth-order valence-electron chi connectivity index (χ4n) is 1.32. The molecule has 88 valence electrons. The van der Waals surface area contributed by atoms with E-state index in [1.165, 1.54) is 0 Å². The Morgan fingerprint density at radius 1 is 0.889 bits per heavy atom. The van der Waals surface area contributed by atoms with Crippen molar-refractivity contribution in [1.29, 1.82) is 0 Å². The SMILES string of the molecule is O=C([O-])CCC1=NCC(CCC(=O)[O-])=NC1.[Na+].[Na+]. The molecule has 18 heavy (non-hydrogen) atoms. The van der Waals surface area contributed by atoms with Gasteiger partial charge in [-0.05, 0) is 25.7 Å². The molecule has 0 atom stereocenters. The molecule has 0 amide bonds. The molecule has 0 saturated carbocycles. The van der Waals surface area contributed by atoms with Gasteiger partial charge in [-0.25, -0.2) is 0 Å². The molecule has 1 aliphatic heterocycles. The average Bonchev–Trinajstić information content (AvgIpc) is 2.25. The van der Waals surface area contributed by atoms with Gasteiger partial charge in [0.05, 0.1) is 13.1 Å². The Morgan fingerprint density at radius 2 is 1.22 bits per heavy atom. The maximum atomic E-state index is 10.2. The van der Waals surface area contributed by atoms with Gasteiger partial charge in [-0.3, -0.25) is 9.98 Å². The number of carboxylic acid groups (broad SMARTS) is 2. The summed E-state index contributed by atoms with van der Waals surface area (Å²) < 4.78 is 0. The molecule has 0 fully saturated rings. The predicted molar refractivity (Wildman–Crippen MR) is 53.1 cm³/mol. The van der Waals surface area contributed by atoms with Gasteiger partial charge in [-0.15, -0.1) is 0 Å². The van der Waals surface area contributed by atoms with Crippen LogP contribution in [0.3, 0.4) is 0 Å². The maximum absolute atomic E-state index is 10.2. The Kier molecular flexibility index (Phi) is 12.7. The van der Waals surface area contributed by atoms with E-state index in [0.717, 1.165) is 11.4 Å². The van der Waals surface area contributed by atoms with Crippen molar-refractivity contribution < 1.29 is 78.9 Å². The van der Waals surface area contributed by atoms with Gasteiger partial charge in [-0.2, -0.15) is 0 Å². The Morgan fingerprint density at radius 3 is 1.44 bits per heavy atom. The van der Waals surface area contributed by atoms with E-state index in [-0.39, 0.29) is 72.0 Å². The van der Waals surface area contributed by atoms with E-state index in [2.05, 4.69) is 9.98 Å². The molecule has 0 saturated heterocycles. The number of aliphatic carboxylic acids is 2. The van der Waals surface area contributed by atoms with Crippen molar-refractivity contribution in [3.05, 3.63) is 0 Å². The van der Waals surface area contributed by atoms with Crippen molar-refractivity contribution in [2.24, 2.45) is 9.98 Å². The second-order valence-electron chi connectivity index (χ2n) is 3.51. The number of aliphatic imine (C=N–C) groups is 2. The first-order chi connectivity index (χ1) is 7.58. The van der Waals surface area contributed by atoms with E-state index in [9.17, 15) is 19.8 Å². The first kappa shape index (κ1) is 20.6. The van der Waals surface area contributed by atoms with Crippen LogP contribution in [0.4, 0.5) is 0 Å². The number of nitrogens with zero attached hydrogens (tertiary/aromatic N) is 2. The second-order valence-corrected chi connectivity index (χ2v) is 3.51. The summed E-state index contributed by atoms with van der Waals surface area (Å²) >= 11 is 0. The third-order valence-electron chi connectivity index (χ3n) is 2.21. The number of carbonyl (C=O) groups excluding carboxylic acids is 2. The zero-order valence-electron chi connectivity index (χ0n) is 10.8. The van der Waals surface area contributed by atoms with E-state index in [0.29, 0.717) is 25.9 Å². The summed E-state index contributed by atoms with van der Waals surface area (Å²) in [6, 6.07) is 0. The number of carboxylic acids is 2. The Balaban J connectivity index is 0. The molecule has 0 aromatic rings. The normalized spacial score (nSPS) is 13.6. The number of rotatable bonds is 6. The van der Waals surface area contributed by atoms with Crippen LogP contribution in [-0.4, -0.2) is 36.5 Å². The molecule has 0 aromatic heterocycles. The van der Waals surface area contributed by atoms with Crippen LogP contribution in [0, 0.1) is 0 Å². The Hall–Kier alpha value is 0.280. The average molecular weight is 270 g/mol. The van der Waals surface area contributed by atoms with Crippen LogP contribution in [-0.2, 0) is 9.59 Å². The van der Waals surface area contributed by atoms with Crippen LogP contribution in [0.5, 0.6) is 0 Å². The van der Waals surface area contributed by atoms with Gasteiger partial charge in [0.15, 0.2) is 0 Å². The molecule has 0 spiro atoms. The fraction of sp³-hybridized carbons (Fsp3) is 0.600. The van der Waals surface area contributed by atoms with Crippen molar-refractivity contribution in [3.8, 4) is 0 Å². The van der Waals surface area contributed by atoms with Gasteiger partial charge in [0.1, 0.15) is 0 Å². The summed E-state index contributed by atoms with van der Waals surface area (Å²) in [5.41, 5.74) is 1.45. The van der Waals surface area contributed by atoms with Gasteiger partial charge in [0.2, 0.25) is 0 Å². The fourth-order valence-corrected chi connectivity index (χ4v) is 1.32. The quantitative estimate of drug-likeness (QED) is 0.447. The molecule has 6 nitrogen and oxygen atoms in total. The third-order valence-corrected chi connectivity index (χ3v) is 2.21. The van der Waals surface area contributed by atoms with Gasteiger partial charge in [0.25, 0.3) is 0 Å². The van der Waals surface area contributed by atoms with E-state index in [1.54, 1.807) is 0 Å². The smallest absolute Gasteiger partial charge is 0.550 e. The summed E-state index contributed by atoms with van der Waals surface area (Å²) in [5, 5.41) is 20.4. The van der Waals surface area contributed by atoms with E-state index in [4.69, 9.17) is 0 Å². The molecule has 0 unspecified atom stereocenters. The molecule has 0 radical (unpaired) electrons. The minimum Gasteiger partial charge on any atom is -0.550 e. The molecular formula is C10H12N2Na2O4. The van der Waals surface area contributed by atoms with Crippen LogP contribution < -0.4 is 69.3 Å². The summed E-state index contributed by atoms with van der Waals surface area (Å²) in [7, 11) is 0. The topological polar surface area (TPSA) is 105 Å². The van der Waals surface area contributed by atoms with E-state index >= 15 is 0 Å². The van der Waals surface area contributed by atoms with Crippen LogP contribution in [0.25, 0.3) is 0 Å². The molecule has 0 aliphatic carbocycles. The number of hydrogen-bond acceptors (Lipinski definition) is 6. The number of carbonyl (C=O) groups is 2. The summed E-state index contributed by atoms with van der Waals surface area (Å²) in [4.78, 5) is 28.7. The van der Waals surface area contributed by atoms with Gasteiger partial charge in [0, 0.05) is 23.4 Å². The molecule has 1 aliphatic rings. The molecule has 0 bridgehead atoms. The first-order valence-electron chi connectivity index (χ1n) is 5.02. The summed E-state index contributed by atoms with van der Waals surface area (Å²) in [6.07, 6.45) is 0.588. The van der Waals surface area contributed by atoms with Crippen molar-refractivity contribution in [2.75, 3.05) is 13.1 Å². The summed E-state index contributed by atoms with van der Waals surface area (Å²) in [5.74, 6) is -2.20. The maximum Gasteiger partial charge on any atom is 1.00 e. The van der Waals surface area contributed by atoms with E-state index in [1.807, 2.05) is 0 Å². The van der Waals surface area contributed by atoms with Crippen LogP contribution >= 0.6 is 0 Å². The number of hydrogen-bond donors (Lipinski definition) is 0. The van der Waals surface area contributed by atoms with Crippen LogP contribution in [0.1, 0.15) is 25.7 Å². The molecule has 0 aromatic carbocycles. The second kappa shape index (κ2) is 11.1. The third kappa shape index (κ3) is 9.24. The van der Waals surface area contributed by atoms with Crippen molar-refractivity contribution in [1.82, 2.24) is 0 Å². The van der Waals surface area contributed by atoms with Crippen molar-refractivity contribution in [2.45, 2.75) is 25.7 Å². The van der Waals surface area contributed by atoms with E-state index < -0.39 is 11.9 Å². The van der Waals surface area contributed by atoms with Gasteiger partial charge in [-0.1, -0.05) is 0 Å². The molecule has 0 N–H and O–H groups in total. The minimum absolute atomic E-state index is 0. The van der Waals surface area contributed by atoms with Crippen LogP contribution in [0.2, 0.25) is 0 Å². The standard InChI is InChI=1S/C10H14N2O4.2Na/c13-9(14)3-1-7-5-12-8(6-11-7)2-4-10(15)16;;/h1-6H2,(H,13,14)(H,15,16);;/q;2*+1/p-2. The van der Waals surface area contributed by atoms with Gasteiger partial charge < -0.3 is 19.8 Å². The van der Waals surface area contributed by atoms with Crippen LogP contribution in [0.15, 0.2) is 9.98 Å². The summed E-state index contributed by atoms with van der Waals surface area (Å²) in [6.45, 7) is 0.714. The molecule has 1 rings (SSSR count). The van der Waals surface area contributed by atoms with Gasteiger partial charge >= 0.3 is 59.1 Å². The largest absolute Gasteiger partial charge is 1.00 e. The molecule has 1 heterocycles. The Bertz CT molecular complexity index is 322. The zero-order valence-corrected chi connectivity index (χ0v) is 14.8. The minimum atomic E-state index is -1.10. The molecular weight excluding hydrogens is 258 g/mol. The Labute approximate surface area is 150 Å². The van der Waals surface area contributed by atoms with Crippen molar-refractivity contribution in [3.63, 3.8) is 0 Å². The van der Waals surface area contributed by atoms with Crippen molar-refractivity contribution >= 4 is 23.4 Å².